The van der Waals surface area contributed by atoms with Gasteiger partial charge in [-0.2, -0.15) is 0 Å². The predicted molar refractivity (Wildman–Crippen MR) is 144 cm³/mol. The van der Waals surface area contributed by atoms with E-state index in [1.165, 1.54) is 12.1 Å². The number of aromatic nitrogens is 2. The summed E-state index contributed by atoms with van der Waals surface area (Å²) >= 11 is 7.50. The summed E-state index contributed by atoms with van der Waals surface area (Å²) in [6.07, 6.45) is 9.69. The Labute approximate surface area is 246 Å². The van der Waals surface area contributed by atoms with Crippen LogP contribution >= 0.6 is 23.4 Å². The fraction of sp³-hybridized carbons (Fsp3) is 0.138. The molecule has 0 saturated heterocycles. The summed E-state index contributed by atoms with van der Waals surface area (Å²) in [6.45, 7) is 1.67. The first-order chi connectivity index (χ1) is 17.4. The molecule has 2 aromatic heterocycles. The number of halogens is 2. The van der Waals surface area contributed by atoms with Crippen LogP contribution in [0.1, 0.15) is 45.8 Å². The van der Waals surface area contributed by atoms with Crippen LogP contribution in [0.25, 0.3) is 35.2 Å². The molecular formula is C29H21ClFN2NaO2S. The molecule has 0 N–H and O–H groups in total. The monoisotopic (exact) mass is 538 g/mol. The average molecular weight is 539 g/mol. The SMILES string of the molecule is CC(CSC1c2cc(/C=C/c3ccc4cc(F)c(Cl)cc4n3)ccc2C=Cc2ncccc21)C(=O)[O-].[Na+]. The van der Waals surface area contributed by atoms with Gasteiger partial charge in [-0.05, 0) is 64.7 Å². The van der Waals surface area contributed by atoms with Crippen molar-refractivity contribution in [2.75, 3.05) is 5.75 Å². The molecule has 0 aliphatic heterocycles. The van der Waals surface area contributed by atoms with E-state index in [0.717, 1.165) is 33.6 Å². The normalized spacial score (nSPS) is 15.1. The van der Waals surface area contributed by atoms with Gasteiger partial charge in [-0.1, -0.05) is 54.9 Å². The van der Waals surface area contributed by atoms with E-state index in [2.05, 4.69) is 22.1 Å². The van der Waals surface area contributed by atoms with E-state index >= 15 is 0 Å². The number of carboxylic acids is 1. The number of hydrogen-bond acceptors (Lipinski definition) is 5. The van der Waals surface area contributed by atoms with Gasteiger partial charge in [0.15, 0.2) is 0 Å². The summed E-state index contributed by atoms with van der Waals surface area (Å²) in [5.74, 6) is -1.67. The van der Waals surface area contributed by atoms with Crippen molar-refractivity contribution in [1.29, 1.82) is 0 Å². The van der Waals surface area contributed by atoms with E-state index in [0.29, 0.717) is 16.7 Å². The smallest absolute Gasteiger partial charge is 0.550 e. The van der Waals surface area contributed by atoms with Crippen molar-refractivity contribution >= 4 is 64.5 Å². The van der Waals surface area contributed by atoms with Crippen LogP contribution in [0.3, 0.4) is 0 Å². The topological polar surface area (TPSA) is 65.9 Å². The molecule has 4 aromatic rings. The van der Waals surface area contributed by atoms with Crippen LogP contribution in [-0.2, 0) is 4.79 Å². The number of carbonyl (C=O) groups excluding carboxylic acids is 1. The van der Waals surface area contributed by atoms with Gasteiger partial charge in [-0.25, -0.2) is 9.37 Å². The van der Waals surface area contributed by atoms with Crippen LogP contribution in [0.5, 0.6) is 0 Å². The molecule has 0 spiro atoms. The van der Waals surface area contributed by atoms with Crippen molar-refractivity contribution in [2.24, 2.45) is 5.92 Å². The summed E-state index contributed by atoms with van der Waals surface area (Å²) in [5.41, 5.74) is 6.39. The van der Waals surface area contributed by atoms with Crippen molar-refractivity contribution in [3.63, 3.8) is 0 Å². The molecule has 5 rings (SSSR count). The second-order valence-corrected chi connectivity index (χ2v) is 10.2. The van der Waals surface area contributed by atoms with Gasteiger partial charge in [-0.3, -0.25) is 4.98 Å². The second kappa shape index (κ2) is 11.9. The Morgan fingerprint density at radius 3 is 2.78 bits per heavy atom. The number of thioether (sulfide) groups is 1. The Bertz CT molecular complexity index is 1540. The van der Waals surface area contributed by atoms with Crippen molar-refractivity contribution in [3.05, 3.63) is 105 Å². The van der Waals surface area contributed by atoms with Gasteiger partial charge in [0.25, 0.3) is 0 Å². The van der Waals surface area contributed by atoms with Crippen molar-refractivity contribution < 1.29 is 43.8 Å². The first-order valence-corrected chi connectivity index (χ1v) is 12.8. The standard InChI is InChI=1S/C29H22ClFN2O2S.Na/c1-17(29(34)35)16-36-28-22-3-2-12-32-26(22)11-8-19-6-4-18(13-23(19)28)5-9-21-10-7-20-14-25(31)24(30)15-27(20)33-21;/h2-15,17,28H,16H2,1H3,(H,34,35);/q;+1/p-1/b9-5+;. The van der Waals surface area contributed by atoms with Crippen LogP contribution in [-0.4, -0.2) is 21.7 Å². The van der Waals surface area contributed by atoms with Crippen LogP contribution in [0.4, 0.5) is 4.39 Å². The summed E-state index contributed by atoms with van der Waals surface area (Å²) in [4.78, 5) is 20.4. The van der Waals surface area contributed by atoms with E-state index in [1.54, 1.807) is 24.9 Å². The first-order valence-electron chi connectivity index (χ1n) is 11.4. The van der Waals surface area contributed by atoms with Crippen LogP contribution in [0.15, 0.2) is 60.8 Å². The quantitative estimate of drug-likeness (QED) is 0.353. The molecule has 0 amide bonds. The maximum absolute atomic E-state index is 13.7. The zero-order valence-electron chi connectivity index (χ0n) is 20.3. The van der Waals surface area contributed by atoms with Crippen LogP contribution < -0.4 is 34.7 Å². The molecule has 0 radical (unpaired) electrons. The average Bonchev–Trinajstić information content (AvgIpc) is 3.03. The molecule has 4 nitrogen and oxygen atoms in total. The Morgan fingerprint density at radius 2 is 1.97 bits per heavy atom. The zero-order valence-corrected chi connectivity index (χ0v) is 23.9. The molecule has 2 heterocycles. The van der Waals surface area contributed by atoms with Gasteiger partial charge < -0.3 is 9.90 Å². The summed E-state index contributed by atoms with van der Waals surface area (Å²) in [7, 11) is 0. The third-order valence-electron chi connectivity index (χ3n) is 6.08. The predicted octanol–water partition coefficient (Wildman–Crippen LogP) is 3.29. The van der Waals surface area contributed by atoms with Gasteiger partial charge in [0.1, 0.15) is 5.82 Å². The molecule has 1 aliphatic rings. The van der Waals surface area contributed by atoms with E-state index in [4.69, 9.17) is 11.6 Å². The molecule has 2 unspecified atom stereocenters. The van der Waals surface area contributed by atoms with E-state index < -0.39 is 17.7 Å². The minimum Gasteiger partial charge on any atom is -0.550 e. The molecule has 8 heteroatoms. The van der Waals surface area contributed by atoms with Crippen molar-refractivity contribution in [1.82, 2.24) is 9.97 Å². The minimum absolute atomic E-state index is 0. The minimum atomic E-state index is -1.05. The molecule has 180 valence electrons. The maximum atomic E-state index is 13.7. The number of pyridine rings is 2. The number of carboxylic acid groups (broad SMARTS) is 1. The Hall–Kier alpha value is -2.48. The third-order valence-corrected chi connectivity index (χ3v) is 7.91. The third kappa shape index (κ3) is 6.16. The zero-order chi connectivity index (χ0) is 25.2. The number of rotatable bonds is 6. The Kier molecular flexibility index (Phi) is 8.88. The van der Waals surface area contributed by atoms with E-state index in [9.17, 15) is 14.3 Å². The van der Waals surface area contributed by atoms with Crippen LogP contribution in [0, 0.1) is 11.7 Å². The van der Waals surface area contributed by atoms with Gasteiger partial charge in [0, 0.05) is 29.2 Å². The first kappa shape index (κ1) is 27.6. The second-order valence-electron chi connectivity index (χ2n) is 8.66. The largest absolute Gasteiger partial charge is 1.00 e. The van der Waals surface area contributed by atoms with E-state index in [-0.39, 0.29) is 39.8 Å². The number of aliphatic carboxylic acids is 1. The molecule has 0 saturated carbocycles. The molecule has 2 atom stereocenters. The molecule has 2 aromatic carbocycles. The van der Waals surface area contributed by atoms with Gasteiger partial charge >= 0.3 is 29.6 Å². The number of carbonyl (C=O) groups is 1. The molecule has 0 bridgehead atoms. The van der Waals surface area contributed by atoms with E-state index in [1.807, 2.05) is 54.6 Å². The molecule has 37 heavy (non-hydrogen) atoms. The molecular weight excluding hydrogens is 518 g/mol. The van der Waals surface area contributed by atoms with Crippen LogP contribution in [0.2, 0.25) is 5.02 Å². The maximum Gasteiger partial charge on any atom is 1.00 e. The van der Waals surface area contributed by atoms with Gasteiger partial charge in [0.2, 0.25) is 0 Å². The van der Waals surface area contributed by atoms with Crippen molar-refractivity contribution in [3.8, 4) is 0 Å². The number of hydrogen-bond donors (Lipinski definition) is 0. The summed E-state index contributed by atoms with van der Waals surface area (Å²) in [5, 5.41) is 12.0. The van der Waals surface area contributed by atoms with Crippen molar-refractivity contribution in [2.45, 2.75) is 12.2 Å². The summed E-state index contributed by atoms with van der Waals surface area (Å²) < 4.78 is 13.7. The Balaban J connectivity index is 0.00000320. The summed E-state index contributed by atoms with van der Waals surface area (Å²) in [6, 6.07) is 16.7. The fourth-order valence-electron chi connectivity index (χ4n) is 4.10. The number of benzene rings is 2. The van der Waals surface area contributed by atoms with Gasteiger partial charge in [0.05, 0.1) is 27.2 Å². The Morgan fingerprint density at radius 1 is 1.14 bits per heavy atom. The fourth-order valence-corrected chi connectivity index (χ4v) is 5.64. The van der Waals surface area contributed by atoms with Gasteiger partial charge in [-0.15, -0.1) is 11.8 Å². The molecule has 1 aliphatic carbocycles. The number of nitrogens with zero attached hydrogens (tertiary/aromatic N) is 2. The number of fused-ring (bicyclic) bond motifs is 3. The molecule has 0 fully saturated rings.